The van der Waals surface area contributed by atoms with Crippen molar-refractivity contribution in [3.63, 3.8) is 0 Å². The van der Waals surface area contributed by atoms with Gasteiger partial charge >= 0.3 is 0 Å². The van der Waals surface area contributed by atoms with E-state index in [9.17, 15) is 8.42 Å². The first kappa shape index (κ1) is 15.1. The average Bonchev–Trinajstić information content (AvgIpc) is 2.93. The van der Waals surface area contributed by atoms with Crippen LogP contribution in [0.1, 0.15) is 17.2 Å². The molecule has 0 spiro atoms. The Bertz CT molecular complexity index is 668. The Balaban J connectivity index is 1.75. The van der Waals surface area contributed by atoms with Crippen molar-refractivity contribution in [2.75, 3.05) is 18.8 Å². The fourth-order valence-electron chi connectivity index (χ4n) is 2.46. The minimum Gasteiger partial charge on any atom is -0.206 e. The first-order valence-corrected chi connectivity index (χ1v) is 10.2. The zero-order valence-corrected chi connectivity index (χ0v) is 14.0. The highest BCUT2D eigenvalue weighted by atomic mass is 32.2. The summed E-state index contributed by atoms with van der Waals surface area (Å²) >= 11 is 3.14. The van der Waals surface area contributed by atoms with E-state index in [1.165, 1.54) is 16.9 Å². The first-order chi connectivity index (χ1) is 10.2. The van der Waals surface area contributed by atoms with Gasteiger partial charge in [0.25, 0.3) is 10.0 Å². The molecule has 1 aromatic carbocycles. The molecule has 0 aliphatic carbocycles. The average molecular weight is 340 g/mol. The summed E-state index contributed by atoms with van der Waals surface area (Å²) in [6, 6.07) is 13.8. The number of sulfonamides is 1. The third kappa shape index (κ3) is 3.34. The van der Waals surface area contributed by atoms with E-state index in [4.69, 9.17) is 0 Å². The molecule has 6 heteroatoms. The lowest BCUT2D eigenvalue weighted by molar-refractivity contribution is 0.429. The second kappa shape index (κ2) is 6.52. The molecule has 1 fully saturated rings. The van der Waals surface area contributed by atoms with Crippen LogP contribution in [0.15, 0.2) is 52.1 Å². The van der Waals surface area contributed by atoms with Crippen molar-refractivity contribution in [2.45, 2.75) is 15.9 Å². The molecular weight excluding hydrogens is 322 g/mol. The summed E-state index contributed by atoms with van der Waals surface area (Å²) in [5.74, 6) is 0.837. The largest absolute Gasteiger partial charge is 0.252 e. The number of nitrogens with zero attached hydrogens (tertiary/aromatic N) is 1. The van der Waals surface area contributed by atoms with Gasteiger partial charge in [-0.15, -0.1) is 11.3 Å². The molecule has 1 saturated heterocycles. The molecule has 0 saturated carbocycles. The smallest absolute Gasteiger partial charge is 0.206 e. The van der Waals surface area contributed by atoms with E-state index in [-0.39, 0.29) is 0 Å². The van der Waals surface area contributed by atoms with E-state index in [2.05, 4.69) is 12.1 Å². The Morgan fingerprint density at radius 2 is 1.86 bits per heavy atom. The summed E-state index contributed by atoms with van der Waals surface area (Å²) in [7, 11) is -3.31. The first-order valence-electron chi connectivity index (χ1n) is 6.88. The van der Waals surface area contributed by atoms with E-state index >= 15 is 0 Å². The number of thiophene rings is 1. The monoisotopic (exact) mass is 339 g/mol. The second-order valence-electron chi connectivity index (χ2n) is 4.89. The maximum Gasteiger partial charge on any atom is 0.252 e. The third-order valence-corrected chi connectivity index (χ3v) is 8.16. The number of rotatable bonds is 3. The maximum absolute atomic E-state index is 12.6. The highest BCUT2D eigenvalue weighted by Gasteiger charge is 2.28. The molecule has 1 aromatic heterocycles. The zero-order valence-electron chi connectivity index (χ0n) is 11.5. The SMILES string of the molecule is O=S(=O)(c1cccs1)N1CCS[C@@H](c2ccccc2)CC1. The predicted octanol–water partition coefficient (Wildman–Crippen LogP) is 3.62. The number of hydrogen-bond acceptors (Lipinski definition) is 4. The van der Waals surface area contributed by atoms with Gasteiger partial charge in [-0.3, -0.25) is 0 Å². The molecule has 3 rings (SSSR count). The quantitative estimate of drug-likeness (QED) is 0.857. The fraction of sp³-hybridized carbons (Fsp3) is 0.333. The van der Waals surface area contributed by atoms with Gasteiger partial charge in [0.2, 0.25) is 0 Å². The summed E-state index contributed by atoms with van der Waals surface area (Å²) in [6.07, 6.45) is 0.860. The van der Waals surface area contributed by atoms with Gasteiger partial charge in [0.05, 0.1) is 0 Å². The van der Waals surface area contributed by atoms with Gasteiger partial charge in [0, 0.05) is 24.1 Å². The molecule has 3 nitrogen and oxygen atoms in total. The molecule has 1 aliphatic rings. The Kier molecular flexibility index (Phi) is 4.69. The van der Waals surface area contributed by atoms with Gasteiger partial charge in [-0.05, 0) is 23.4 Å². The Morgan fingerprint density at radius 3 is 2.57 bits per heavy atom. The summed E-state index contributed by atoms with van der Waals surface area (Å²) < 4.78 is 27.2. The Hall–Kier alpha value is -0.820. The van der Waals surface area contributed by atoms with Crippen molar-refractivity contribution >= 4 is 33.1 Å². The van der Waals surface area contributed by atoms with Crippen molar-refractivity contribution in [3.8, 4) is 0 Å². The lowest BCUT2D eigenvalue weighted by atomic mass is 10.1. The van der Waals surface area contributed by atoms with Gasteiger partial charge in [0.15, 0.2) is 0 Å². The van der Waals surface area contributed by atoms with Crippen LogP contribution in [0.5, 0.6) is 0 Å². The normalized spacial score (nSPS) is 21.0. The molecule has 0 bridgehead atoms. The van der Waals surface area contributed by atoms with Gasteiger partial charge in [-0.25, -0.2) is 8.42 Å². The lowest BCUT2D eigenvalue weighted by Crippen LogP contribution is -2.32. The van der Waals surface area contributed by atoms with Crippen LogP contribution >= 0.6 is 23.1 Å². The summed E-state index contributed by atoms with van der Waals surface area (Å²) in [4.78, 5) is 0. The van der Waals surface area contributed by atoms with Crippen molar-refractivity contribution in [2.24, 2.45) is 0 Å². The van der Waals surface area contributed by atoms with Gasteiger partial charge < -0.3 is 0 Å². The van der Waals surface area contributed by atoms with Crippen molar-refractivity contribution in [1.82, 2.24) is 4.31 Å². The van der Waals surface area contributed by atoms with Crippen LogP contribution in [0.25, 0.3) is 0 Å². The van der Waals surface area contributed by atoms with Crippen LogP contribution in [-0.4, -0.2) is 31.6 Å². The molecule has 0 N–H and O–H groups in total. The van der Waals surface area contributed by atoms with Crippen molar-refractivity contribution in [3.05, 3.63) is 53.4 Å². The standard InChI is InChI=1S/C15H17NO2S3/c17-21(18,15-7-4-11-20-15)16-9-8-14(19-12-10-16)13-5-2-1-3-6-13/h1-7,11,14H,8-10,12H2/t14-/m1/s1. The van der Waals surface area contributed by atoms with E-state index in [1.807, 2.05) is 35.3 Å². The molecule has 21 heavy (non-hydrogen) atoms. The molecule has 1 aliphatic heterocycles. The van der Waals surface area contributed by atoms with Gasteiger partial charge in [-0.1, -0.05) is 36.4 Å². The van der Waals surface area contributed by atoms with Crippen LogP contribution in [0.3, 0.4) is 0 Å². The molecular formula is C15H17NO2S3. The molecule has 0 unspecified atom stereocenters. The van der Waals surface area contributed by atoms with E-state index in [0.29, 0.717) is 22.5 Å². The highest BCUT2D eigenvalue weighted by molar-refractivity contribution is 7.99. The van der Waals surface area contributed by atoms with Crippen molar-refractivity contribution in [1.29, 1.82) is 0 Å². The van der Waals surface area contributed by atoms with E-state index in [0.717, 1.165) is 12.2 Å². The van der Waals surface area contributed by atoms with Crippen LogP contribution < -0.4 is 0 Å². The molecule has 1 atom stereocenters. The highest BCUT2D eigenvalue weighted by Crippen LogP contribution is 2.35. The maximum atomic E-state index is 12.6. The van der Waals surface area contributed by atoms with E-state index in [1.54, 1.807) is 16.4 Å². The van der Waals surface area contributed by atoms with Crippen molar-refractivity contribution < 1.29 is 8.42 Å². The number of hydrogen-bond donors (Lipinski definition) is 0. The third-order valence-electron chi connectivity index (χ3n) is 3.56. The molecule has 0 amide bonds. The lowest BCUT2D eigenvalue weighted by Gasteiger charge is -2.18. The summed E-state index contributed by atoms with van der Waals surface area (Å²) in [6.45, 7) is 1.18. The van der Waals surface area contributed by atoms with Crippen LogP contribution in [0.2, 0.25) is 0 Å². The Morgan fingerprint density at radius 1 is 1.05 bits per heavy atom. The summed E-state index contributed by atoms with van der Waals surface area (Å²) in [5, 5.41) is 2.20. The number of thioether (sulfide) groups is 1. The van der Waals surface area contributed by atoms with Gasteiger partial charge in [0.1, 0.15) is 4.21 Å². The molecule has 2 heterocycles. The minimum atomic E-state index is -3.31. The number of benzene rings is 1. The van der Waals surface area contributed by atoms with E-state index < -0.39 is 10.0 Å². The van der Waals surface area contributed by atoms with Crippen LogP contribution in [0, 0.1) is 0 Å². The van der Waals surface area contributed by atoms with Gasteiger partial charge in [-0.2, -0.15) is 16.1 Å². The Labute approximate surface area is 134 Å². The zero-order chi connectivity index (χ0) is 14.7. The van der Waals surface area contributed by atoms with Crippen LogP contribution in [0.4, 0.5) is 0 Å². The second-order valence-corrected chi connectivity index (χ2v) is 9.32. The minimum absolute atomic E-state index is 0.384. The molecule has 112 valence electrons. The predicted molar refractivity (Wildman–Crippen MR) is 89.3 cm³/mol. The topological polar surface area (TPSA) is 37.4 Å². The molecule has 2 aromatic rings. The fourth-order valence-corrected chi connectivity index (χ4v) is 6.41. The van der Waals surface area contributed by atoms with Crippen LogP contribution in [-0.2, 0) is 10.0 Å². The summed E-state index contributed by atoms with van der Waals surface area (Å²) in [5.41, 5.74) is 1.29. The molecule has 0 radical (unpaired) electrons.